The Hall–Kier alpha value is -2.41. The molecule has 0 unspecified atom stereocenters. The Labute approximate surface area is 132 Å². The molecule has 0 saturated heterocycles. The van der Waals surface area contributed by atoms with Crippen molar-refractivity contribution in [3.8, 4) is 10.6 Å². The quantitative estimate of drug-likeness (QED) is 0.692. The standard InChI is InChI=1S/C15H17N5OS/c1-15(2,3)12-8-13(20-19-12)16-14(21)10-7-9(17-18-10)11-5-4-6-22-11/h4-8H,1-3H3,(H,17,18)(H2,16,19,20,21). The number of nitrogens with one attached hydrogen (secondary N) is 3. The summed E-state index contributed by atoms with van der Waals surface area (Å²) in [5.74, 6) is 0.210. The first-order valence-corrected chi connectivity index (χ1v) is 7.78. The van der Waals surface area contributed by atoms with Crippen LogP contribution in [0.3, 0.4) is 0 Å². The molecule has 0 aliphatic carbocycles. The van der Waals surface area contributed by atoms with E-state index in [4.69, 9.17) is 0 Å². The molecule has 114 valence electrons. The summed E-state index contributed by atoms with van der Waals surface area (Å²) in [7, 11) is 0. The smallest absolute Gasteiger partial charge is 0.277 e. The summed E-state index contributed by atoms with van der Waals surface area (Å²) in [4.78, 5) is 13.3. The number of amides is 1. The SMILES string of the molecule is CC(C)(C)c1cc(NC(=O)c2cc(-c3cccs3)[nH]n2)n[nH]1. The van der Waals surface area contributed by atoms with E-state index >= 15 is 0 Å². The van der Waals surface area contributed by atoms with Crippen molar-refractivity contribution in [1.82, 2.24) is 20.4 Å². The molecule has 7 heteroatoms. The molecule has 0 aliphatic rings. The van der Waals surface area contributed by atoms with Crippen molar-refractivity contribution >= 4 is 23.1 Å². The Kier molecular flexibility index (Phi) is 3.58. The van der Waals surface area contributed by atoms with Crippen molar-refractivity contribution in [2.24, 2.45) is 0 Å². The van der Waals surface area contributed by atoms with Gasteiger partial charge < -0.3 is 5.32 Å². The highest BCUT2D eigenvalue weighted by molar-refractivity contribution is 7.13. The molecule has 3 heterocycles. The van der Waals surface area contributed by atoms with Gasteiger partial charge in [-0.2, -0.15) is 10.2 Å². The molecule has 0 bridgehead atoms. The number of anilines is 1. The van der Waals surface area contributed by atoms with Crippen LogP contribution in [-0.4, -0.2) is 26.3 Å². The molecule has 3 aromatic heterocycles. The number of aromatic nitrogens is 4. The molecular weight excluding hydrogens is 298 g/mol. The van der Waals surface area contributed by atoms with Crippen LogP contribution in [0.15, 0.2) is 29.6 Å². The summed E-state index contributed by atoms with van der Waals surface area (Å²) < 4.78 is 0. The maximum absolute atomic E-state index is 12.2. The summed E-state index contributed by atoms with van der Waals surface area (Å²) in [6.45, 7) is 6.23. The van der Waals surface area contributed by atoms with E-state index in [2.05, 4.69) is 46.5 Å². The fraction of sp³-hybridized carbons (Fsp3) is 0.267. The van der Waals surface area contributed by atoms with Gasteiger partial charge in [-0.15, -0.1) is 11.3 Å². The van der Waals surface area contributed by atoms with Crippen molar-refractivity contribution in [1.29, 1.82) is 0 Å². The van der Waals surface area contributed by atoms with Gasteiger partial charge in [0, 0.05) is 17.2 Å². The second-order valence-electron chi connectivity index (χ2n) is 6.02. The Bertz CT molecular complexity index is 779. The highest BCUT2D eigenvalue weighted by Crippen LogP contribution is 2.24. The third kappa shape index (κ3) is 2.94. The highest BCUT2D eigenvalue weighted by atomic mass is 32.1. The van der Waals surface area contributed by atoms with E-state index in [-0.39, 0.29) is 11.3 Å². The van der Waals surface area contributed by atoms with E-state index in [0.717, 1.165) is 16.3 Å². The average molecular weight is 315 g/mol. The molecule has 3 rings (SSSR count). The second kappa shape index (κ2) is 5.42. The number of carbonyl (C=O) groups excluding carboxylic acids is 1. The predicted octanol–water partition coefficient (Wildman–Crippen LogP) is 3.41. The van der Waals surface area contributed by atoms with E-state index in [1.807, 2.05) is 23.6 Å². The Morgan fingerprint density at radius 1 is 1.23 bits per heavy atom. The van der Waals surface area contributed by atoms with E-state index in [0.29, 0.717) is 11.5 Å². The molecule has 0 radical (unpaired) electrons. The maximum atomic E-state index is 12.2. The zero-order valence-electron chi connectivity index (χ0n) is 12.6. The lowest BCUT2D eigenvalue weighted by atomic mass is 9.92. The van der Waals surface area contributed by atoms with Crippen LogP contribution in [0.1, 0.15) is 37.0 Å². The fourth-order valence-corrected chi connectivity index (χ4v) is 2.64. The third-order valence-corrected chi connectivity index (χ3v) is 4.13. The molecular formula is C15H17N5OS. The number of hydrogen-bond acceptors (Lipinski definition) is 4. The first-order chi connectivity index (χ1) is 10.4. The number of carbonyl (C=O) groups is 1. The first-order valence-electron chi connectivity index (χ1n) is 6.90. The lowest BCUT2D eigenvalue weighted by Crippen LogP contribution is -2.13. The molecule has 1 amide bonds. The van der Waals surface area contributed by atoms with Crippen LogP contribution in [0.2, 0.25) is 0 Å². The van der Waals surface area contributed by atoms with Gasteiger partial charge in [0.15, 0.2) is 11.5 Å². The van der Waals surface area contributed by atoms with Crippen LogP contribution < -0.4 is 5.32 Å². The Balaban J connectivity index is 1.74. The van der Waals surface area contributed by atoms with Crippen LogP contribution >= 0.6 is 11.3 Å². The second-order valence-corrected chi connectivity index (χ2v) is 6.96. The molecule has 3 aromatic rings. The third-order valence-electron chi connectivity index (χ3n) is 3.22. The lowest BCUT2D eigenvalue weighted by molar-refractivity contribution is 0.102. The predicted molar refractivity (Wildman–Crippen MR) is 87.1 cm³/mol. The van der Waals surface area contributed by atoms with Gasteiger partial charge in [0.05, 0.1) is 10.6 Å². The van der Waals surface area contributed by atoms with Crippen molar-refractivity contribution in [2.75, 3.05) is 5.32 Å². The van der Waals surface area contributed by atoms with Crippen LogP contribution in [-0.2, 0) is 5.41 Å². The van der Waals surface area contributed by atoms with Gasteiger partial charge in [0.25, 0.3) is 5.91 Å². The minimum absolute atomic E-state index is 0.0470. The van der Waals surface area contributed by atoms with Gasteiger partial charge >= 0.3 is 0 Å². The van der Waals surface area contributed by atoms with Gasteiger partial charge in [0.2, 0.25) is 0 Å². The topological polar surface area (TPSA) is 86.5 Å². The lowest BCUT2D eigenvalue weighted by Gasteiger charge is -2.14. The van der Waals surface area contributed by atoms with Crippen LogP contribution in [0.5, 0.6) is 0 Å². The molecule has 0 aliphatic heterocycles. The van der Waals surface area contributed by atoms with Crippen molar-refractivity contribution < 1.29 is 4.79 Å². The number of thiophene rings is 1. The monoisotopic (exact) mass is 315 g/mol. The molecule has 22 heavy (non-hydrogen) atoms. The number of nitrogens with zero attached hydrogens (tertiary/aromatic N) is 2. The zero-order chi connectivity index (χ0) is 15.7. The minimum Gasteiger partial charge on any atom is -0.304 e. The van der Waals surface area contributed by atoms with Gasteiger partial charge in [-0.1, -0.05) is 26.8 Å². The van der Waals surface area contributed by atoms with Gasteiger partial charge in [-0.05, 0) is 17.5 Å². The highest BCUT2D eigenvalue weighted by Gasteiger charge is 2.18. The van der Waals surface area contributed by atoms with Gasteiger partial charge in [-0.3, -0.25) is 15.0 Å². The van der Waals surface area contributed by atoms with E-state index in [9.17, 15) is 4.79 Å². The molecule has 3 N–H and O–H groups in total. The van der Waals surface area contributed by atoms with Gasteiger partial charge in [0.1, 0.15) is 0 Å². The minimum atomic E-state index is -0.286. The van der Waals surface area contributed by atoms with Crippen molar-refractivity contribution in [2.45, 2.75) is 26.2 Å². The fourth-order valence-electron chi connectivity index (χ4n) is 1.95. The zero-order valence-corrected chi connectivity index (χ0v) is 13.4. The largest absolute Gasteiger partial charge is 0.304 e. The maximum Gasteiger partial charge on any atom is 0.277 e. The number of rotatable bonds is 3. The summed E-state index contributed by atoms with van der Waals surface area (Å²) in [6, 6.07) is 7.50. The number of aromatic amines is 2. The van der Waals surface area contributed by atoms with E-state index in [1.165, 1.54) is 0 Å². The van der Waals surface area contributed by atoms with Crippen LogP contribution in [0.25, 0.3) is 10.6 Å². The van der Waals surface area contributed by atoms with Gasteiger partial charge in [-0.25, -0.2) is 0 Å². The molecule has 0 saturated carbocycles. The molecule has 0 fully saturated rings. The molecule has 0 aromatic carbocycles. The molecule has 6 nitrogen and oxygen atoms in total. The molecule has 0 atom stereocenters. The number of H-pyrrole nitrogens is 2. The van der Waals surface area contributed by atoms with Crippen LogP contribution in [0.4, 0.5) is 5.82 Å². The first kappa shape index (κ1) is 14.5. The summed E-state index contributed by atoms with van der Waals surface area (Å²) in [5, 5.41) is 18.7. The van der Waals surface area contributed by atoms with E-state index in [1.54, 1.807) is 17.4 Å². The van der Waals surface area contributed by atoms with Crippen LogP contribution in [0, 0.1) is 0 Å². The average Bonchev–Trinajstić information content (AvgIpc) is 3.18. The van der Waals surface area contributed by atoms with E-state index < -0.39 is 0 Å². The van der Waals surface area contributed by atoms with Crippen molar-refractivity contribution in [3.05, 3.63) is 41.0 Å². The summed E-state index contributed by atoms with van der Waals surface area (Å²) >= 11 is 1.59. The summed E-state index contributed by atoms with van der Waals surface area (Å²) in [5.41, 5.74) is 2.08. The Morgan fingerprint density at radius 2 is 2.05 bits per heavy atom. The summed E-state index contributed by atoms with van der Waals surface area (Å²) in [6.07, 6.45) is 0. The Morgan fingerprint density at radius 3 is 2.68 bits per heavy atom. The van der Waals surface area contributed by atoms with Crippen molar-refractivity contribution in [3.63, 3.8) is 0 Å². The normalized spacial score (nSPS) is 11.6. The number of hydrogen-bond donors (Lipinski definition) is 3. The molecule has 0 spiro atoms.